The van der Waals surface area contributed by atoms with E-state index in [4.69, 9.17) is 0 Å². The third-order valence-electron chi connectivity index (χ3n) is 1.92. The molecule has 0 aliphatic rings. The van der Waals surface area contributed by atoms with Crippen molar-refractivity contribution in [3.63, 3.8) is 0 Å². The predicted molar refractivity (Wildman–Crippen MR) is 48.6 cm³/mol. The number of hydrogen-bond donors (Lipinski definition) is 0. The SMILES string of the molecule is Cn1cccc1-c1ccncc1. The summed E-state index contributed by atoms with van der Waals surface area (Å²) < 4.78 is 2.09. The fourth-order valence-corrected chi connectivity index (χ4v) is 1.28. The average molecular weight is 158 g/mol. The van der Waals surface area contributed by atoms with Crippen molar-refractivity contribution in [2.24, 2.45) is 7.05 Å². The van der Waals surface area contributed by atoms with Crippen LogP contribution in [0.5, 0.6) is 0 Å². The molecule has 2 heteroatoms. The second-order valence-corrected chi connectivity index (χ2v) is 2.74. The Kier molecular flexibility index (Phi) is 1.67. The Balaban J connectivity index is 2.51. The smallest absolute Gasteiger partial charge is 0.0478 e. The van der Waals surface area contributed by atoms with Crippen molar-refractivity contribution >= 4 is 0 Å². The molecular formula is C10H10N2. The van der Waals surface area contributed by atoms with Crippen molar-refractivity contribution in [3.8, 4) is 11.3 Å². The first-order valence-electron chi connectivity index (χ1n) is 3.89. The second-order valence-electron chi connectivity index (χ2n) is 2.74. The summed E-state index contributed by atoms with van der Waals surface area (Å²) in [6, 6.07) is 8.15. The molecule has 0 aliphatic carbocycles. The van der Waals surface area contributed by atoms with Crippen LogP contribution in [0.25, 0.3) is 11.3 Å². The maximum absolute atomic E-state index is 3.98. The molecule has 0 bridgehead atoms. The van der Waals surface area contributed by atoms with E-state index in [1.165, 1.54) is 11.3 Å². The normalized spacial score (nSPS) is 10.1. The van der Waals surface area contributed by atoms with Gasteiger partial charge in [0.05, 0.1) is 0 Å². The minimum atomic E-state index is 1.21. The van der Waals surface area contributed by atoms with Gasteiger partial charge in [-0.1, -0.05) is 0 Å². The number of pyridine rings is 1. The average Bonchev–Trinajstić information content (AvgIpc) is 2.53. The van der Waals surface area contributed by atoms with Gasteiger partial charge >= 0.3 is 0 Å². The van der Waals surface area contributed by atoms with Gasteiger partial charge in [-0.2, -0.15) is 0 Å². The molecule has 0 amide bonds. The van der Waals surface area contributed by atoms with Gasteiger partial charge in [-0.25, -0.2) is 0 Å². The summed E-state index contributed by atoms with van der Waals surface area (Å²) in [4.78, 5) is 3.98. The first-order valence-corrected chi connectivity index (χ1v) is 3.89. The summed E-state index contributed by atoms with van der Waals surface area (Å²) in [5, 5.41) is 0. The fraction of sp³-hybridized carbons (Fsp3) is 0.100. The molecule has 0 N–H and O–H groups in total. The Morgan fingerprint density at radius 1 is 1.17 bits per heavy atom. The lowest BCUT2D eigenvalue weighted by atomic mass is 10.2. The Morgan fingerprint density at radius 3 is 2.50 bits per heavy atom. The van der Waals surface area contributed by atoms with Gasteiger partial charge < -0.3 is 4.57 Å². The lowest BCUT2D eigenvalue weighted by Crippen LogP contribution is -1.88. The molecule has 0 saturated heterocycles. The molecule has 0 unspecified atom stereocenters. The molecule has 0 saturated carbocycles. The molecule has 60 valence electrons. The van der Waals surface area contributed by atoms with Crippen LogP contribution in [-0.4, -0.2) is 9.55 Å². The maximum Gasteiger partial charge on any atom is 0.0478 e. The zero-order chi connectivity index (χ0) is 8.39. The first-order chi connectivity index (χ1) is 5.88. The first kappa shape index (κ1) is 7.10. The molecule has 0 radical (unpaired) electrons. The van der Waals surface area contributed by atoms with Gasteiger partial charge in [0, 0.05) is 36.9 Å². The molecule has 2 nitrogen and oxygen atoms in total. The van der Waals surface area contributed by atoms with Crippen LogP contribution in [0.15, 0.2) is 42.9 Å². The van der Waals surface area contributed by atoms with Crippen LogP contribution >= 0.6 is 0 Å². The zero-order valence-corrected chi connectivity index (χ0v) is 6.94. The Bertz CT molecular complexity index is 362. The second kappa shape index (κ2) is 2.81. The van der Waals surface area contributed by atoms with Crippen LogP contribution in [0, 0.1) is 0 Å². The van der Waals surface area contributed by atoms with Gasteiger partial charge in [0.15, 0.2) is 0 Å². The summed E-state index contributed by atoms with van der Waals surface area (Å²) in [5.41, 5.74) is 2.43. The predicted octanol–water partition coefficient (Wildman–Crippen LogP) is 2.09. The molecule has 2 aromatic heterocycles. The van der Waals surface area contributed by atoms with Crippen molar-refractivity contribution in [2.45, 2.75) is 0 Å². The minimum absolute atomic E-state index is 1.21. The van der Waals surface area contributed by atoms with Crippen molar-refractivity contribution in [1.82, 2.24) is 9.55 Å². The zero-order valence-electron chi connectivity index (χ0n) is 6.94. The highest BCUT2D eigenvalue weighted by Crippen LogP contribution is 2.17. The third-order valence-corrected chi connectivity index (χ3v) is 1.92. The van der Waals surface area contributed by atoms with Gasteiger partial charge in [-0.3, -0.25) is 4.98 Å². The van der Waals surface area contributed by atoms with E-state index in [1.807, 2.05) is 43.8 Å². The molecule has 2 rings (SSSR count). The molecule has 0 spiro atoms. The van der Waals surface area contributed by atoms with E-state index in [2.05, 4.69) is 15.6 Å². The van der Waals surface area contributed by atoms with Crippen LogP contribution in [0.1, 0.15) is 0 Å². The van der Waals surface area contributed by atoms with Crippen molar-refractivity contribution in [3.05, 3.63) is 42.9 Å². The van der Waals surface area contributed by atoms with E-state index in [0.29, 0.717) is 0 Å². The third kappa shape index (κ3) is 1.11. The molecule has 12 heavy (non-hydrogen) atoms. The summed E-state index contributed by atoms with van der Waals surface area (Å²) in [6.45, 7) is 0. The van der Waals surface area contributed by atoms with Gasteiger partial charge in [0.2, 0.25) is 0 Å². The van der Waals surface area contributed by atoms with Crippen LogP contribution in [0.3, 0.4) is 0 Å². The summed E-state index contributed by atoms with van der Waals surface area (Å²) in [6.07, 6.45) is 5.65. The van der Waals surface area contributed by atoms with Crippen LogP contribution in [-0.2, 0) is 7.05 Å². The number of nitrogens with zero attached hydrogens (tertiary/aromatic N) is 2. The lowest BCUT2D eigenvalue weighted by molar-refractivity contribution is 0.936. The minimum Gasteiger partial charge on any atom is -0.351 e. The fourth-order valence-electron chi connectivity index (χ4n) is 1.28. The van der Waals surface area contributed by atoms with E-state index in [-0.39, 0.29) is 0 Å². The Hall–Kier alpha value is -1.57. The summed E-state index contributed by atoms with van der Waals surface area (Å²) >= 11 is 0. The molecule has 0 aromatic carbocycles. The Morgan fingerprint density at radius 2 is 1.92 bits per heavy atom. The van der Waals surface area contributed by atoms with Crippen molar-refractivity contribution < 1.29 is 0 Å². The number of aryl methyl sites for hydroxylation is 1. The van der Waals surface area contributed by atoms with Gasteiger partial charge in [-0.05, 0) is 24.3 Å². The topological polar surface area (TPSA) is 17.8 Å². The van der Waals surface area contributed by atoms with Gasteiger partial charge in [0.25, 0.3) is 0 Å². The van der Waals surface area contributed by atoms with Crippen molar-refractivity contribution in [1.29, 1.82) is 0 Å². The quantitative estimate of drug-likeness (QED) is 0.621. The highest BCUT2D eigenvalue weighted by Gasteiger charge is 1.98. The number of rotatable bonds is 1. The number of hydrogen-bond acceptors (Lipinski definition) is 1. The highest BCUT2D eigenvalue weighted by molar-refractivity contribution is 5.58. The van der Waals surface area contributed by atoms with Gasteiger partial charge in [0.1, 0.15) is 0 Å². The largest absolute Gasteiger partial charge is 0.351 e. The van der Waals surface area contributed by atoms with Crippen LogP contribution < -0.4 is 0 Å². The molecule has 2 aromatic rings. The maximum atomic E-state index is 3.98. The molecular weight excluding hydrogens is 148 g/mol. The monoisotopic (exact) mass is 158 g/mol. The van der Waals surface area contributed by atoms with Crippen molar-refractivity contribution in [2.75, 3.05) is 0 Å². The summed E-state index contributed by atoms with van der Waals surface area (Å²) in [7, 11) is 2.04. The van der Waals surface area contributed by atoms with E-state index in [9.17, 15) is 0 Å². The number of aromatic nitrogens is 2. The van der Waals surface area contributed by atoms with Crippen LogP contribution in [0.4, 0.5) is 0 Å². The van der Waals surface area contributed by atoms with E-state index < -0.39 is 0 Å². The van der Waals surface area contributed by atoms with E-state index in [1.54, 1.807) is 0 Å². The van der Waals surface area contributed by atoms with E-state index in [0.717, 1.165) is 0 Å². The van der Waals surface area contributed by atoms with Gasteiger partial charge in [-0.15, -0.1) is 0 Å². The standard InChI is InChI=1S/C10H10N2/c1-12-8-2-3-10(12)9-4-6-11-7-5-9/h2-8H,1H3. The highest BCUT2D eigenvalue weighted by atomic mass is 14.9. The van der Waals surface area contributed by atoms with Crippen LogP contribution in [0.2, 0.25) is 0 Å². The Labute approximate surface area is 71.5 Å². The molecule has 0 fully saturated rings. The molecule has 0 aliphatic heterocycles. The molecule has 0 atom stereocenters. The molecule has 2 heterocycles. The lowest BCUT2D eigenvalue weighted by Gasteiger charge is -2.01. The van der Waals surface area contributed by atoms with E-state index >= 15 is 0 Å². The summed E-state index contributed by atoms with van der Waals surface area (Å²) in [5.74, 6) is 0.